The van der Waals surface area contributed by atoms with Gasteiger partial charge in [-0.2, -0.15) is 0 Å². The number of likely N-dealkylation sites (tertiary alicyclic amines) is 1. The van der Waals surface area contributed by atoms with Gasteiger partial charge < -0.3 is 15.4 Å². The van der Waals surface area contributed by atoms with Crippen LogP contribution < -0.4 is 20.9 Å². The second-order valence-corrected chi connectivity index (χ2v) is 7.28. The quantitative estimate of drug-likeness (QED) is 0.660. The number of rotatable bonds is 7. The number of amides is 1. The number of hydrogen-bond donors (Lipinski definition) is 3. The van der Waals surface area contributed by atoms with Crippen LogP contribution in [0.3, 0.4) is 0 Å². The van der Waals surface area contributed by atoms with Gasteiger partial charge in [-0.05, 0) is 38.3 Å². The lowest BCUT2D eigenvalue weighted by atomic mass is 10.1. The number of nitrogens with zero attached hydrogens (tertiary/aromatic N) is 2. The number of H-pyrrole nitrogens is 1. The average Bonchev–Trinajstić information content (AvgIpc) is 2.69. The summed E-state index contributed by atoms with van der Waals surface area (Å²) in [6.07, 6.45) is 2.42. The molecule has 1 aliphatic heterocycles. The van der Waals surface area contributed by atoms with Crippen LogP contribution in [0.5, 0.6) is 5.75 Å². The Morgan fingerprint density at radius 1 is 1.31 bits per heavy atom. The van der Waals surface area contributed by atoms with Crippen molar-refractivity contribution in [3.05, 3.63) is 45.9 Å². The fourth-order valence-corrected chi connectivity index (χ4v) is 3.66. The van der Waals surface area contributed by atoms with E-state index in [-0.39, 0.29) is 17.5 Å². The smallest absolute Gasteiger partial charge is 0.255 e. The minimum absolute atomic E-state index is 0.0577. The van der Waals surface area contributed by atoms with Gasteiger partial charge in [-0.1, -0.05) is 19.1 Å². The number of aromatic amines is 1. The standard InChI is InChI=1S/C21H29N5O3/c1-4-16-14(2)22-21(25-20(16)28)23-15-9-11-26(12-10-15)13-19(27)24-17-7-5-6-8-18(17)29-3/h5-8,15H,4,9-13H2,1-3H3,(H,24,27)(H2,22,23,25,28). The van der Waals surface area contributed by atoms with Crippen molar-refractivity contribution < 1.29 is 9.53 Å². The number of anilines is 2. The molecule has 0 unspecified atom stereocenters. The summed E-state index contributed by atoms with van der Waals surface area (Å²) in [6, 6.07) is 7.60. The van der Waals surface area contributed by atoms with Crippen LogP contribution in [-0.4, -0.2) is 53.6 Å². The molecule has 8 nitrogen and oxygen atoms in total. The lowest BCUT2D eigenvalue weighted by molar-refractivity contribution is -0.117. The maximum atomic E-state index is 12.4. The molecule has 0 atom stereocenters. The van der Waals surface area contributed by atoms with Gasteiger partial charge >= 0.3 is 0 Å². The van der Waals surface area contributed by atoms with Crippen LogP contribution >= 0.6 is 0 Å². The molecule has 0 aliphatic carbocycles. The van der Waals surface area contributed by atoms with E-state index < -0.39 is 0 Å². The van der Waals surface area contributed by atoms with Gasteiger partial charge in [-0.25, -0.2) is 4.98 Å². The zero-order valence-electron chi connectivity index (χ0n) is 17.2. The van der Waals surface area contributed by atoms with Crippen LogP contribution in [0, 0.1) is 6.92 Å². The maximum absolute atomic E-state index is 12.4. The molecule has 1 aromatic carbocycles. The molecule has 156 valence electrons. The lowest BCUT2D eigenvalue weighted by Gasteiger charge is -2.32. The van der Waals surface area contributed by atoms with Crippen LogP contribution in [0.2, 0.25) is 0 Å². The summed E-state index contributed by atoms with van der Waals surface area (Å²) in [7, 11) is 1.59. The van der Waals surface area contributed by atoms with Crippen molar-refractivity contribution in [3.63, 3.8) is 0 Å². The summed E-state index contributed by atoms with van der Waals surface area (Å²) in [5.41, 5.74) is 2.10. The molecule has 2 heterocycles. The third kappa shape index (κ3) is 5.35. The number of carbonyl (C=O) groups excluding carboxylic acids is 1. The van der Waals surface area contributed by atoms with Gasteiger partial charge in [0.25, 0.3) is 5.56 Å². The van der Waals surface area contributed by atoms with Gasteiger partial charge in [0, 0.05) is 30.4 Å². The summed E-state index contributed by atoms with van der Waals surface area (Å²) >= 11 is 0. The number of benzene rings is 1. The van der Waals surface area contributed by atoms with Crippen LogP contribution in [-0.2, 0) is 11.2 Å². The van der Waals surface area contributed by atoms with E-state index >= 15 is 0 Å². The molecule has 0 spiro atoms. The van der Waals surface area contributed by atoms with Crippen molar-refractivity contribution in [1.29, 1.82) is 0 Å². The monoisotopic (exact) mass is 399 g/mol. The number of para-hydroxylation sites is 2. The second-order valence-electron chi connectivity index (χ2n) is 7.28. The van der Waals surface area contributed by atoms with E-state index in [9.17, 15) is 9.59 Å². The van der Waals surface area contributed by atoms with Crippen molar-refractivity contribution in [3.8, 4) is 5.75 Å². The second kappa shape index (κ2) is 9.56. The summed E-state index contributed by atoms with van der Waals surface area (Å²) in [5, 5.41) is 6.24. The highest BCUT2D eigenvalue weighted by Gasteiger charge is 2.22. The highest BCUT2D eigenvalue weighted by atomic mass is 16.5. The summed E-state index contributed by atoms with van der Waals surface area (Å²) in [6.45, 7) is 5.75. The Morgan fingerprint density at radius 3 is 2.69 bits per heavy atom. The molecule has 1 saturated heterocycles. The Balaban J connectivity index is 1.49. The fraction of sp³-hybridized carbons (Fsp3) is 0.476. The third-order valence-electron chi connectivity index (χ3n) is 5.25. The fourth-order valence-electron chi connectivity index (χ4n) is 3.66. The number of ether oxygens (including phenoxy) is 1. The van der Waals surface area contributed by atoms with E-state index in [4.69, 9.17) is 4.74 Å². The molecule has 1 fully saturated rings. The molecule has 3 rings (SSSR count). The normalized spacial score (nSPS) is 15.1. The lowest BCUT2D eigenvalue weighted by Crippen LogP contribution is -2.43. The summed E-state index contributed by atoms with van der Waals surface area (Å²) in [4.78, 5) is 33.9. The first-order valence-corrected chi connectivity index (χ1v) is 10.0. The molecule has 1 aromatic heterocycles. The van der Waals surface area contributed by atoms with Crippen LogP contribution in [0.4, 0.5) is 11.6 Å². The minimum Gasteiger partial charge on any atom is -0.495 e. The van der Waals surface area contributed by atoms with E-state index in [1.807, 2.05) is 38.1 Å². The van der Waals surface area contributed by atoms with Crippen molar-refractivity contribution in [2.24, 2.45) is 0 Å². The van der Waals surface area contributed by atoms with Gasteiger partial charge in [0.15, 0.2) is 0 Å². The first-order chi connectivity index (χ1) is 14.0. The minimum atomic E-state index is -0.0760. The molecule has 1 aliphatic rings. The van der Waals surface area contributed by atoms with Crippen LogP contribution in [0.15, 0.2) is 29.1 Å². The summed E-state index contributed by atoms with van der Waals surface area (Å²) < 4.78 is 5.27. The largest absolute Gasteiger partial charge is 0.495 e. The van der Waals surface area contributed by atoms with Gasteiger partial charge in [0.1, 0.15) is 5.75 Å². The Bertz CT molecular complexity index is 903. The number of piperidine rings is 1. The number of aryl methyl sites for hydroxylation is 1. The molecule has 2 aromatic rings. The van der Waals surface area contributed by atoms with Gasteiger partial charge in [-0.15, -0.1) is 0 Å². The Morgan fingerprint density at radius 2 is 2.03 bits per heavy atom. The molecule has 3 N–H and O–H groups in total. The molecular formula is C21H29N5O3. The topological polar surface area (TPSA) is 99.3 Å². The van der Waals surface area contributed by atoms with Crippen LogP contribution in [0.1, 0.15) is 31.0 Å². The first kappa shape index (κ1) is 20.9. The zero-order chi connectivity index (χ0) is 20.8. The van der Waals surface area contributed by atoms with E-state index in [0.717, 1.165) is 37.2 Å². The average molecular weight is 399 g/mol. The highest BCUT2D eigenvalue weighted by Crippen LogP contribution is 2.23. The van der Waals surface area contributed by atoms with Gasteiger partial charge in [-0.3, -0.25) is 19.5 Å². The molecule has 0 radical (unpaired) electrons. The van der Waals surface area contributed by atoms with Gasteiger partial charge in [0.2, 0.25) is 11.9 Å². The van der Waals surface area contributed by atoms with E-state index in [2.05, 4.69) is 25.5 Å². The number of hydrogen-bond acceptors (Lipinski definition) is 6. The molecule has 0 saturated carbocycles. The van der Waals surface area contributed by atoms with Crippen LogP contribution in [0.25, 0.3) is 0 Å². The molecule has 0 bridgehead atoms. The Labute approximate surface area is 170 Å². The molecule has 29 heavy (non-hydrogen) atoms. The number of methoxy groups -OCH3 is 1. The SMILES string of the molecule is CCc1c(C)nc(NC2CCN(CC(=O)Nc3ccccc3OC)CC2)[nH]c1=O. The molecule has 1 amide bonds. The Kier molecular flexibility index (Phi) is 6.87. The molecular weight excluding hydrogens is 370 g/mol. The van der Waals surface area contributed by atoms with Crippen molar-refractivity contribution in [2.75, 3.05) is 37.4 Å². The van der Waals surface area contributed by atoms with E-state index in [0.29, 0.717) is 30.4 Å². The maximum Gasteiger partial charge on any atom is 0.255 e. The highest BCUT2D eigenvalue weighted by molar-refractivity contribution is 5.93. The van der Waals surface area contributed by atoms with E-state index in [1.165, 1.54) is 0 Å². The third-order valence-corrected chi connectivity index (χ3v) is 5.25. The van der Waals surface area contributed by atoms with E-state index in [1.54, 1.807) is 7.11 Å². The van der Waals surface area contributed by atoms with Crippen molar-refractivity contribution in [2.45, 2.75) is 39.2 Å². The molecule has 8 heteroatoms. The number of nitrogens with one attached hydrogen (secondary N) is 3. The predicted octanol–water partition coefficient (Wildman–Crippen LogP) is 2.16. The zero-order valence-corrected chi connectivity index (χ0v) is 17.2. The first-order valence-electron chi connectivity index (χ1n) is 10.0. The number of aromatic nitrogens is 2. The Hall–Kier alpha value is -2.87. The predicted molar refractivity (Wildman–Crippen MR) is 114 cm³/mol. The van der Waals surface area contributed by atoms with Crippen molar-refractivity contribution in [1.82, 2.24) is 14.9 Å². The van der Waals surface area contributed by atoms with Gasteiger partial charge in [0.05, 0.1) is 19.3 Å². The summed E-state index contributed by atoms with van der Waals surface area (Å²) in [5.74, 6) is 1.12. The number of carbonyl (C=O) groups is 1. The van der Waals surface area contributed by atoms with Crippen molar-refractivity contribution >= 4 is 17.5 Å².